The van der Waals surface area contributed by atoms with E-state index in [1.165, 1.54) is 0 Å². The third-order valence-corrected chi connectivity index (χ3v) is 4.41. The molecule has 0 N–H and O–H groups in total. The highest BCUT2D eigenvalue weighted by Crippen LogP contribution is 2.33. The van der Waals surface area contributed by atoms with Crippen LogP contribution in [-0.4, -0.2) is 38.2 Å². The summed E-state index contributed by atoms with van der Waals surface area (Å²) >= 11 is 0. The summed E-state index contributed by atoms with van der Waals surface area (Å²) in [5.41, 5.74) is 3.05. The highest BCUT2D eigenvalue weighted by molar-refractivity contribution is 5.82. The Morgan fingerprint density at radius 3 is 2.54 bits per heavy atom. The first-order chi connectivity index (χ1) is 12.5. The zero-order chi connectivity index (χ0) is 18.9. The summed E-state index contributed by atoms with van der Waals surface area (Å²) in [4.78, 5) is 4.76. The Morgan fingerprint density at radius 2 is 1.88 bits per heavy atom. The van der Waals surface area contributed by atoms with Gasteiger partial charge in [0.05, 0.1) is 18.4 Å². The van der Waals surface area contributed by atoms with E-state index < -0.39 is 0 Å². The normalized spacial score (nSPS) is 20.6. The second-order valence-electron chi connectivity index (χ2n) is 6.76. The molecule has 0 saturated heterocycles. The highest BCUT2D eigenvalue weighted by atomic mass is 16.6. The lowest BCUT2D eigenvalue weighted by molar-refractivity contribution is 0.0735. The van der Waals surface area contributed by atoms with Gasteiger partial charge in [0.15, 0.2) is 0 Å². The molecule has 1 aliphatic carbocycles. The van der Waals surface area contributed by atoms with Gasteiger partial charge in [-0.2, -0.15) is 0 Å². The highest BCUT2D eigenvalue weighted by Gasteiger charge is 2.27. The fraction of sp³-hybridized carbons (Fsp3) is 0.571. The Labute approximate surface area is 157 Å². The van der Waals surface area contributed by atoms with Gasteiger partial charge in [-0.3, -0.25) is 0 Å². The van der Waals surface area contributed by atoms with E-state index in [2.05, 4.69) is 19.0 Å². The predicted molar refractivity (Wildman–Crippen MR) is 104 cm³/mol. The molecule has 2 unspecified atom stereocenters. The van der Waals surface area contributed by atoms with E-state index in [1.807, 2.05) is 38.1 Å². The summed E-state index contributed by atoms with van der Waals surface area (Å²) in [6.45, 7) is 9.11. The number of aryl methyl sites for hydroxylation is 2. The topological polar surface area (TPSA) is 49.3 Å². The lowest BCUT2D eigenvalue weighted by Crippen LogP contribution is -2.18. The van der Waals surface area contributed by atoms with Crippen molar-refractivity contribution in [3.63, 3.8) is 0 Å². The summed E-state index contributed by atoms with van der Waals surface area (Å²) < 4.78 is 17.9. The van der Waals surface area contributed by atoms with Crippen LogP contribution in [0.15, 0.2) is 29.4 Å². The lowest BCUT2D eigenvalue weighted by atomic mass is 10.1. The molecule has 1 aromatic rings. The molecule has 0 aromatic heterocycles. The van der Waals surface area contributed by atoms with Gasteiger partial charge in [0.25, 0.3) is 0 Å². The van der Waals surface area contributed by atoms with E-state index in [0.717, 1.165) is 47.6 Å². The van der Waals surface area contributed by atoms with Gasteiger partial charge >= 0.3 is 0 Å². The third kappa shape index (κ3) is 6.06. The number of oxime groups is 1. The summed E-state index contributed by atoms with van der Waals surface area (Å²) in [5, 5.41) is 3.87. The van der Waals surface area contributed by atoms with Crippen LogP contribution in [0.4, 0.5) is 0 Å². The van der Waals surface area contributed by atoms with Crippen molar-refractivity contribution in [2.75, 3.05) is 20.3 Å². The zero-order valence-corrected chi connectivity index (χ0v) is 16.6. The molecule has 144 valence electrons. The van der Waals surface area contributed by atoms with Crippen LogP contribution >= 0.6 is 0 Å². The maximum absolute atomic E-state index is 6.30. The Bertz CT molecular complexity index is 616. The molecule has 0 radical (unpaired) electrons. The van der Waals surface area contributed by atoms with Gasteiger partial charge < -0.3 is 19.0 Å². The van der Waals surface area contributed by atoms with Crippen molar-refractivity contribution >= 4 is 5.71 Å². The maximum Gasteiger partial charge on any atom is 0.125 e. The van der Waals surface area contributed by atoms with Crippen LogP contribution < -0.4 is 9.47 Å². The third-order valence-electron chi connectivity index (χ3n) is 4.41. The number of ether oxygens (including phenoxy) is 3. The summed E-state index contributed by atoms with van der Waals surface area (Å²) in [7, 11) is 1.55. The van der Waals surface area contributed by atoms with Crippen LogP contribution in [-0.2, 0) is 9.57 Å². The molecule has 2 rings (SSSR count). The van der Waals surface area contributed by atoms with Crippen LogP contribution in [0.3, 0.4) is 0 Å². The minimum Gasteiger partial charge on any atom is -0.490 e. The summed E-state index contributed by atoms with van der Waals surface area (Å²) in [6.07, 6.45) is 7.29. The standard InChI is InChI=1S/C21H31NO4/c1-6-7-10-24-20-11-15(2)21(16(3)12-20)26-19-9-8-18(13-19)25-14-17(4)22-23-5/h6-7,11-12,18-19H,8-10,13-14H2,1-5H3/b7-6+,22-17-. The van der Waals surface area contributed by atoms with Crippen LogP contribution in [0, 0.1) is 13.8 Å². The van der Waals surface area contributed by atoms with E-state index in [-0.39, 0.29) is 12.2 Å². The Hall–Kier alpha value is -2.01. The molecule has 26 heavy (non-hydrogen) atoms. The summed E-state index contributed by atoms with van der Waals surface area (Å²) in [5.74, 6) is 1.84. The molecule has 1 aliphatic rings. The maximum atomic E-state index is 6.30. The van der Waals surface area contributed by atoms with E-state index >= 15 is 0 Å². The van der Waals surface area contributed by atoms with Crippen LogP contribution in [0.25, 0.3) is 0 Å². The zero-order valence-electron chi connectivity index (χ0n) is 16.6. The largest absolute Gasteiger partial charge is 0.490 e. The number of hydrogen-bond acceptors (Lipinski definition) is 5. The number of nitrogens with zero attached hydrogens (tertiary/aromatic N) is 1. The van der Waals surface area contributed by atoms with Crippen molar-refractivity contribution in [1.82, 2.24) is 0 Å². The average molecular weight is 361 g/mol. The molecule has 5 heteroatoms. The number of benzene rings is 1. The Balaban J connectivity index is 1.89. The Kier molecular flexibility index (Phi) is 7.98. The van der Waals surface area contributed by atoms with Crippen molar-refractivity contribution < 1.29 is 19.0 Å². The minimum absolute atomic E-state index is 0.187. The molecule has 1 fully saturated rings. The van der Waals surface area contributed by atoms with Gasteiger partial charge in [-0.1, -0.05) is 17.3 Å². The fourth-order valence-corrected chi connectivity index (χ4v) is 3.17. The average Bonchev–Trinajstić information content (AvgIpc) is 3.04. The molecule has 0 spiro atoms. The van der Waals surface area contributed by atoms with E-state index in [0.29, 0.717) is 13.2 Å². The van der Waals surface area contributed by atoms with Crippen molar-refractivity contribution in [3.05, 3.63) is 35.4 Å². The summed E-state index contributed by atoms with van der Waals surface area (Å²) in [6, 6.07) is 4.08. The minimum atomic E-state index is 0.187. The molecule has 1 aromatic carbocycles. The lowest BCUT2D eigenvalue weighted by Gasteiger charge is -2.19. The van der Waals surface area contributed by atoms with Crippen LogP contribution in [0.5, 0.6) is 11.5 Å². The van der Waals surface area contributed by atoms with E-state index in [1.54, 1.807) is 7.11 Å². The van der Waals surface area contributed by atoms with Crippen LogP contribution in [0.1, 0.15) is 44.2 Å². The second-order valence-corrected chi connectivity index (χ2v) is 6.76. The van der Waals surface area contributed by atoms with Crippen molar-refractivity contribution in [2.45, 2.75) is 59.2 Å². The monoisotopic (exact) mass is 361 g/mol. The van der Waals surface area contributed by atoms with Crippen molar-refractivity contribution in [3.8, 4) is 11.5 Å². The molecular formula is C21H31NO4. The SMILES string of the molecule is C/C=C/COc1cc(C)c(OC2CCC(OC/C(C)=N\OC)C2)c(C)c1. The van der Waals surface area contributed by atoms with Gasteiger partial charge in [0.2, 0.25) is 0 Å². The Morgan fingerprint density at radius 1 is 1.19 bits per heavy atom. The smallest absolute Gasteiger partial charge is 0.125 e. The van der Waals surface area contributed by atoms with Crippen molar-refractivity contribution in [1.29, 1.82) is 0 Å². The molecular weight excluding hydrogens is 330 g/mol. The molecule has 0 amide bonds. The molecule has 0 aliphatic heterocycles. The quantitative estimate of drug-likeness (QED) is 0.366. The van der Waals surface area contributed by atoms with Gasteiger partial charge in [-0.15, -0.1) is 0 Å². The molecule has 0 heterocycles. The number of allylic oxidation sites excluding steroid dienone is 1. The number of rotatable bonds is 9. The van der Waals surface area contributed by atoms with Crippen molar-refractivity contribution in [2.24, 2.45) is 5.16 Å². The van der Waals surface area contributed by atoms with Crippen LogP contribution in [0.2, 0.25) is 0 Å². The van der Waals surface area contributed by atoms with Gasteiger partial charge in [0.1, 0.15) is 31.3 Å². The van der Waals surface area contributed by atoms with Gasteiger partial charge in [-0.05, 0) is 63.8 Å². The number of hydrogen-bond donors (Lipinski definition) is 0. The molecule has 5 nitrogen and oxygen atoms in total. The molecule has 1 saturated carbocycles. The van der Waals surface area contributed by atoms with E-state index in [4.69, 9.17) is 19.0 Å². The second kappa shape index (κ2) is 10.2. The first kappa shape index (κ1) is 20.3. The predicted octanol–water partition coefficient (Wildman–Crippen LogP) is 4.60. The van der Waals surface area contributed by atoms with E-state index in [9.17, 15) is 0 Å². The first-order valence-corrected chi connectivity index (χ1v) is 9.23. The fourth-order valence-electron chi connectivity index (χ4n) is 3.17. The molecule has 2 atom stereocenters. The first-order valence-electron chi connectivity index (χ1n) is 9.23. The van der Waals surface area contributed by atoms with Gasteiger partial charge in [0, 0.05) is 6.42 Å². The molecule has 0 bridgehead atoms. The van der Waals surface area contributed by atoms with Gasteiger partial charge in [-0.25, -0.2) is 0 Å².